The van der Waals surface area contributed by atoms with E-state index in [0.29, 0.717) is 12.8 Å². The van der Waals surface area contributed by atoms with Crippen molar-refractivity contribution in [2.45, 2.75) is 37.6 Å². The Morgan fingerprint density at radius 2 is 2.08 bits per heavy atom. The lowest BCUT2D eigenvalue weighted by Crippen LogP contribution is -2.47. The van der Waals surface area contributed by atoms with Crippen molar-refractivity contribution in [1.82, 2.24) is 20.3 Å². The minimum atomic E-state index is -0.966. The van der Waals surface area contributed by atoms with E-state index in [0.717, 1.165) is 17.5 Å². The molecular weight excluding hydrogens is 351 g/mol. The molecule has 0 bridgehead atoms. The van der Waals surface area contributed by atoms with Crippen molar-refractivity contribution in [3.05, 3.63) is 40.9 Å². The molecule has 1 amide bonds. The lowest BCUT2D eigenvalue weighted by Gasteiger charge is -2.28. The lowest BCUT2D eigenvalue weighted by atomic mass is 9.93. The maximum absolute atomic E-state index is 14.0. The molecule has 9 heteroatoms. The van der Waals surface area contributed by atoms with E-state index in [4.69, 9.17) is 16.7 Å². The number of aromatic nitrogens is 3. The highest BCUT2D eigenvalue weighted by Gasteiger charge is 2.38. The number of carbonyl (C=O) groups excluding carboxylic acids is 1. The Hall–Kier alpha value is -2.48. The van der Waals surface area contributed by atoms with Crippen LogP contribution in [0.4, 0.5) is 4.39 Å². The van der Waals surface area contributed by atoms with Gasteiger partial charge in [-0.25, -0.2) is 9.07 Å². The molecule has 1 aromatic carbocycles. The van der Waals surface area contributed by atoms with Crippen molar-refractivity contribution in [2.24, 2.45) is 0 Å². The molecule has 132 valence electrons. The summed E-state index contributed by atoms with van der Waals surface area (Å²) in [6.07, 6.45) is 4.05. The lowest BCUT2D eigenvalue weighted by molar-refractivity contribution is -0.138. The third-order valence-corrected chi connectivity index (χ3v) is 4.62. The maximum atomic E-state index is 14.0. The van der Waals surface area contributed by atoms with Gasteiger partial charge in [-0.2, -0.15) is 0 Å². The molecule has 25 heavy (non-hydrogen) atoms. The zero-order valence-corrected chi connectivity index (χ0v) is 14.0. The Labute approximate surface area is 147 Å². The first-order chi connectivity index (χ1) is 11.9. The summed E-state index contributed by atoms with van der Waals surface area (Å²) in [6, 6.07) is 4.42. The Morgan fingerprint density at radius 3 is 2.76 bits per heavy atom. The minimum absolute atomic E-state index is 0.0176. The maximum Gasteiger partial charge on any atom is 0.305 e. The summed E-state index contributed by atoms with van der Waals surface area (Å²) in [5.41, 5.74) is -0.718. The highest BCUT2D eigenvalue weighted by Crippen LogP contribution is 2.33. The summed E-state index contributed by atoms with van der Waals surface area (Å²) in [6.45, 7) is 0. The molecule has 1 fully saturated rings. The van der Waals surface area contributed by atoms with E-state index in [1.165, 1.54) is 18.3 Å². The van der Waals surface area contributed by atoms with Crippen LogP contribution < -0.4 is 5.32 Å². The van der Waals surface area contributed by atoms with Crippen molar-refractivity contribution < 1.29 is 19.1 Å². The van der Waals surface area contributed by atoms with E-state index in [9.17, 15) is 14.0 Å². The number of rotatable bonds is 5. The molecule has 0 atom stereocenters. The molecule has 0 aliphatic heterocycles. The van der Waals surface area contributed by atoms with E-state index in [1.807, 2.05) is 0 Å². The van der Waals surface area contributed by atoms with E-state index in [-0.39, 0.29) is 22.8 Å². The van der Waals surface area contributed by atoms with Gasteiger partial charge in [0.1, 0.15) is 5.69 Å². The van der Waals surface area contributed by atoms with E-state index in [2.05, 4.69) is 15.6 Å². The second kappa shape index (κ2) is 6.79. The molecule has 2 aromatic rings. The van der Waals surface area contributed by atoms with Crippen LogP contribution in [0.25, 0.3) is 5.69 Å². The fourth-order valence-corrected chi connectivity index (χ4v) is 3.32. The van der Waals surface area contributed by atoms with E-state index >= 15 is 0 Å². The van der Waals surface area contributed by atoms with Gasteiger partial charge in [0.15, 0.2) is 11.5 Å². The van der Waals surface area contributed by atoms with Gasteiger partial charge in [0, 0.05) is 0 Å². The largest absolute Gasteiger partial charge is 0.481 e. The van der Waals surface area contributed by atoms with Crippen LogP contribution in [0.2, 0.25) is 5.02 Å². The number of benzene rings is 1. The molecule has 2 N–H and O–H groups in total. The van der Waals surface area contributed by atoms with Crippen molar-refractivity contribution in [1.29, 1.82) is 0 Å². The summed E-state index contributed by atoms with van der Waals surface area (Å²) in [5, 5.41) is 19.3. The standard InChI is InChI=1S/C16H16ClFN4O3/c17-10-4-3-5-12(14(10)18)22-9-11(20-21-22)15(25)19-16(8-13(23)24)6-1-2-7-16/h3-5,9H,1-2,6-8H2,(H,19,25)(H,23,24). The summed E-state index contributed by atoms with van der Waals surface area (Å²) < 4.78 is 15.2. The Balaban J connectivity index is 1.81. The third kappa shape index (κ3) is 3.63. The molecule has 0 saturated heterocycles. The number of carboxylic acid groups (broad SMARTS) is 1. The molecule has 0 unspecified atom stereocenters. The van der Waals surface area contributed by atoms with Crippen LogP contribution in [0.1, 0.15) is 42.6 Å². The second-order valence-electron chi connectivity index (χ2n) is 6.13. The van der Waals surface area contributed by atoms with Crippen molar-refractivity contribution in [3.8, 4) is 5.69 Å². The van der Waals surface area contributed by atoms with Crippen LogP contribution >= 0.6 is 11.6 Å². The number of carboxylic acids is 1. The molecule has 1 aromatic heterocycles. The summed E-state index contributed by atoms with van der Waals surface area (Å²) >= 11 is 5.74. The predicted molar refractivity (Wildman–Crippen MR) is 87.2 cm³/mol. The topological polar surface area (TPSA) is 97.1 Å². The average molecular weight is 367 g/mol. The van der Waals surface area contributed by atoms with Gasteiger partial charge in [-0.05, 0) is 25.0 Å². The SMILES string of the molecule is O=C(O)CC1(NC(=O)c2cn(-c3cccc(Cl)c3F)nn2)CCCC1. The molecule has 1 aliphatic carbocycles. The molecule has 1 saturated carbocycles. The fraction of sp³-hybridized carbons (Fsp3) is 0.375. The molecule has 7 nitrogen and oxygen atoms in total. The Bertz CT molecular complexity index is 817. The first kappa shape index (κ1) is 17.3. The molecular formula is C16H16ClFN4O3. The zero-order valence-electron chi connectivity index (χ0n) is 13.2. The van der Waals surface area contributed by atoms with Gasteiger partial charge in [-0.15, -0.1) is 5.10 Å². The molecule has 0 spiro atoms. The van der Waals surface area contributed by atoms with Crippen LogP contribution in [0.15, 0.2) is 24.4 Å². The van der Waals surface area contributed by atoms with Crippen LogP contribution in [-0.2, 0) is 4.79 Å². The van der Waals surface area contributed by atoms with Crippen molar-refractivity contribution >= 4 is 23.5 Å². The van der Waals surface area contributed by atoms with Crippen LogP contribution in [0.5, 0.6) is 0 Å². The highest BCUT2D eigenvalue weighted by atomic mass is 35.5. The van der Waals surface area contributed by atoms with Crippen LogP contribution in [-0.4, -0.2) is 37.5 Å². The van der Waals surface area contributed by atoms with Gasteiger partial charge in [-0.3, -0.25) is 9.59 Å². The van der Waals surface area contributed by atoms with Crippen molar-refractivity contribution in [2.75, 3.05) is 0 Å². The van der Waals surface area contributed by atoms with Gasteiger partial charge < -0.3 is 10.4 Å². The molecule has 3 rings (SSSR count). The first-order valence-electron chi connectivity index (χ1n) is 7.81. The zero-order chi connectivity index (χ0) is 18.0. The van der Waals surface area contributed by atoms with Crippen LogP contribution in [0, 0.1) is 5.82 Å². The van der Waals surface area contributed by atoms with Gasteiger partial charge in [0.05, 0.1) is 23.2 Å². The second-order valence-corrected chi connectivity index (χ2v) is 6.54. The summed E-state index contributed by atoms with van der Waals surface area (Å²) in [4.78, 5) is 23.5. The quantitative estimate of drug-likeness (QED) is 0.847. The van der Waals surface area contributed by atoms with Gasteiger partial charge >= 0.3 is 5.97 Å². The van der Waals surface area contributed by atoms with Crippen LogP contribution in [0.3, 0.4) is 0 Å². The highest BCUT2D eigenvalue weighted by molar-refractivity contribution is 6.30. The Kier molecular flexibility index (Phi) is 4.71. The average Bonchev–Trinajstić information content (AvgIpc) is 3.19. The number of halogens is 2. The number of hydrogen-bond acceptors (Lipinski definition) is 4. The fourth-order valence-electron chi connectivity index (χ4n) is 3.15. The third-order valence-electron chi connectivity index (χ3n) is 4.33. The number of amides is 1. The summed E-state index contributed by atoms with van der Waals surface area (Å²) in [7, 11) is 0. The van der Waals surface area contributed by atoms with Gasteiger partial charge in [0.2, 0.25) is 0 Å². The number of nitrogens with one attached hydrogen (secondary N) is 1. The van der Waals surface area contributed by atoms with Gasteiger partial charge in [0.25, 0.3) is 5.91 Å². The molecule has 1 heterocycles. The minimum Gasteiger partial charge on any atom is -0.481 e. The molecule has 0 radical (unpaired) electrons. The van der Waals surface area contributed by atoms with E-state index in [1.54, 1.807) is 6.07 Å². The smallest absolute Gasteiger partial charge is 0.305 e. The number of nitrogens with zero attached hydrogens (tertiary/aromatic N) is 3. The normalized spacial score (nSPS) is 15.9. The van der Waals surface area contributed by atoms with Gasteiger partial charge in [-0.1, -0.05) is 35.7 Å². The Morgan fingerprint density at radius 1 is 1.36 bits per heavy atom. The monoisotopic (exact) mass is 366 g/mol. The van der Waals surface area contributed by atoms with E-state index < -0.39 is 23.2 Å². The first-order valence-corrected chi connectivity index (χ1v) is 8.19. The molecule has 1 aliphatic rings. The number of hydrogen-bond donors (Lipinski definition) is 2. The number of carbonyl (C=O) groups is 2. The predicted octanol–water partition coefficient (Wildman–Crippen LogP) is 2.58. The number of aliphatic carboxylic acids is 1. The van der Waals surface area contributed by atoms with Crippen molar-refractivity contribution in [3.63, 3.8) is 0 Å². The summed E-state index contributed by atoms with van der Waals surface area (Å²) in [5.74, 6) is -2.16.